The SMILES string of the molecule is [CH2]CCC(=O)OC1CCC1. The Balaban J connectivity index is 2.05. The Morgan fingerprint density at radius 3 is 2.70 bits per heavy atom. The van der Waals surface area contributed by atoms with Crippen LogP contribution in [-0.4, -0.2) is 12.1 Å². The van der Waals surface area contributed by atoms with Gasteiger partial charge >= 0.3 is 5.97 Å². The molecule has 0 unspecified atom stereocenters. The third-order valence-corrected chi connectivity index (χ3v) is 1.73. The molecule has 0 aromatic heterocycles. The molecule has 0 aromatic carbocycles. The summed E-state index contributed by atoms with van der Waals surface area (Å²) in [6, 6.07) is 0. The Labute approximate surface area is 61.6 Å². The van der Waals surface area contributed by atoms with Crippen molar-refractivity contribution < 1.29 is 9.53 Å². The molecule has 0 atom stereocenters. The lowest BCUT2D eigenvalue weighted by Crippen LogP contribution is -2.24. The van der Waals surface area contributed by atoms with Gasteiger partial charge in [-0.05, 0) is 25.7 Å². The molecule has 0 heterocycles. The van der Waals surface area contributed by atoms with Gasteiger partial charge in [0, 0.05) is 6.42 Å². The summed E-state index contributed by atoms with van der Waals surface area (Å²) >= 11 is 0. The van der Waals surface area contributed by atoms with Crippen LogP contribution in [0, 0.1) is 6.92 Å². The van der Waals surface area contributed by atoms with Gasteiger partial charge in [-0.2, -0.15) is 0 Å². The molecule has 0 aliphatic heterocycles. The standard InChI is InChI=1S/C8H13O2/c1-2-4-8(9)10-7-5-3-6-7/h7H,1-6H2. The van der Waals surface area contributed by atoms with Crippen LogP contribution < -0.4 is 0 Å². The van der Waals surface area contributed by atoms with E-state index in [1.54, 1.807) is 0 Å². The monoisotopic (exact) mass is 141 g/mol. The summed E-state index contributed by atoms with van der Waals surface area (Å²) in [5.74, 6) is -0.0836. The van der Waals surface area contributed by atoms with E-state index in [1.807, 2.05) is 0 Å². The van der Waals surface area contributed by atoms with Crippen LogP contribution in [0.3, 0.4) is 0 Å². The highest BCUT2D eigenvalue weighted by Crippen LogP contribution is 2.22. The Hall–Kier alpha value is -0.530. The first-order valence-corrected chi connectivity index (χ1v) is 3.81. The molecule has 2 heteroatoms. The van der Waals surface area contributed by atoms with Gasteiger partial charge in [-0.3, -0.25) is 4.79 Å². The molecule has 1 aliphatic carbocycles. The summed E-state index contributed by atoms with van der Waals surface area (Å²) in [7, 11) is 0. The molecule has 0 N–H and O–H groups in total. The maximum Gasteiger partial charge on any atom is 0.306 e. The zero-order chi connectivity index (χ0) is 7.40. The smallest absolute Gasteiger partial charge is 0.306 e. The van der Waals surface area contributed by atoms with E-state index in [9.17, 15) is 4.79 Å². The predicted octanol–water partition coefficient (Wildman–Crippen LogP) is 1.70. The van der Waals surface area contributed by atoms with Gasteiger partial charge in [0.2, 0.25) is 0 Å². The summed E-state index contributed by atoms with van der Waals surface area (Å²) in [4.78, 5) is 10.8. The van der Waals surface area contributed by atoms with Crippen molar-refractivity contribution in [2.75, 3.05) is 0 Å². The van der Waals surface area contributed by atoms with Crippen molar-refractivity contribution in [2.24, 2.45) is 0 Å². The van der Waals surface area contributed by atoms with Gasteiger partial charge in [-0.25, -0.2) is 0 Å². The number of esters is 1. The van der Waals surface area contributed by atoms with Crippen LogP contribution in [0.4, 0.5) is 0 Å². The number of hydrogen-bond acceptors (Lipinski definition) is 2. The second-order valence-corrected chi connectivity index (χ2v) is 2.65. The lowest BCUT2D eigenvalue weighted by molar-refractivity contribution is -0.152. The highest BCUT2D eigenvalue weighted by molar-refractivity contribution is 5.69. The molecule has 2 nitrogen and oxygen atoms in total. The number of carbonyl (C=O) groups is 1. The first-order chi connectivity index (χ1) is 4.83. The van der Waals surface area contributed by atoms with Gasteiger partial charge in [0.1, 0.15) is 6.10 Å². The van der Waals surface area contributed by atoms with Crippen LogP contribution in [0.25, 0.3) is 0 Å². The Morgan fingerprint density at radius 1 is 1.60 bits per heavy atom. The van der Waals surface area contributed by atoms with E-state index in [4.69, 9.17) is 4.74 Å². The van der Waals surface area contributed by atoms with Crippen LogP contribution in [0.2, 0.25) is 0 Å². The van der Waals surface area contributed by atoms with Gasteiger partial charge in [0.15, 0.2) is 0 Å². The average Bonchev–Trinajstić information content (AvgIpc) is 1.80. The minimum absolute atomic E-state index is 0.0836. The molecule has 0 aromatic rings. The minimum atomic E-state index is -0.0836. The molecular formula is C8H13O2. The van der Waals surface area contributed by atoms with Gasteiger partial charge in [-0.1, -0.05) is 6.92 Å². The zero-order valence-corrected chi connectivity index (χ0v) is 6.14. The predicted molar refractivity (Wildman–Crippen MR) is 38.3 cm³/mol. The van der Waals surface area contributed by atoms with Gasteiger partial charge in [0.25, 0.3) is 0 Å². The van der Waals surface area contributed by atoms with Crippen molar-refractivity contribution in [3.63, 3.8) is 0 Å². The number of hydrogen-bond donors (Lipinski definition) is 0. The zero-order valence-electron chi connectivity index (χ0n) is 6.14. The highest BCUT2D eigenvalue weighted by Gasteiger charge is 2.20. The summed E-state index contributed by atoms with van der Waals surface area (Å²) in [5, 5.41) is 0. The van der Waals surface area contributed by atoms with Gasteiger partial charge in [-0.15, -0.1) is 0 Å². The van der Waals surface area contributed by atoms with E-state index in [-0.39, 0.29) is 12.1 Å². The molecule has 0 bridgehead atoms. The fourth-order valence-electron chi connectivity index (χ4n) is 0.878. The van der Waals surface area contributed by atoms with E-state index in [2.05, 4.69) is 6.92 Å². The average molecular weight is 141 g/mol. The van der Waals surface area contributed by atoms with E-state index in [1.165, 1.54) is 6.42 Å². The molecule has 0 spiro atoms. The van der Waals surface area contributed by atoms with Gasteiger partial charge < -0.3 is 4.74 Å². The molecular weight excluding hydrogens is 128 g/mol. The minimum Gasteiger partial charge on any atom is -0.462 e. The van der Waals surface area contributed by atoms with Crippen LogP contribution in [-0.2, 0) is 9.53 Å². The first kappa shape index (κ1) is 7.58. The number of carbonyl (C=O) groups excluding carboxylic acids is 1. The van der Waals surface area contributed by atoms with Gasteiger partial charge in [0.05, 0.1) is 0 Å². The third-order valence-electron chi connectivity index (χ3n) is 1.73. The lowest BCUT2D eigenvalue weighted by Gasteiger charge is -2.24. The Morgan fingerprint density at radius 2 is 2.30 bits per heavy atom. The summed E-state index contributed by atoms with van der Waals surface area (Å²) in [6.07, 6.45) is 4.68. The molecule has 57 valence electrons. The molecule has 10 heavy (non-hydrogen) atoms. The number of rotatable bonds is 3. The summed E-state index contributed by atoms with van der Waals surface area (Å²) in [6.45, 7) is 3.58. The maximum absolute atomic E-state index is 10.8. The summed E-state index contributed by atoms with van der Waals surface area (Å²) in [5.41, 5.74) is 0. The highest BCUT2D eigenvalue weighted by atomic mass is 16.5. The third kappa shape index (κ3) is 2.01. The van der Waals surface area contributed by atoms with Crippen molar-refractivity contribution in [3.8, 4) is 0 Å². The second-order valence-electron chi connectivity index (χ2n) is 2.65. The van der Waals surface area contributed by atoms with Crippen LogP contribution in [0.5, 0.6) is 0 Å². The fraction of sp³-hybridized carbons (Fsp3) is 0.750. The van der Waals surface area contributed by atoms with Crippen LogP contribution in [0.1, 0.15) is 32.1 Å². The number of ether oxygens (including phenoxy) is 1. The van der Waals surface area contributed by atoms with Crippen molar-refractivity contribution >= 4 is 5.97 Å². The van der Waals surface area contributed by atoms with Crippen LogP contribution in [0.15, 0.2) is 0 Å². The normalized spacial score (nSPS) is 18.1. The Kier molecular flexibility index (Phi) is 2.72. The quantitative estimate of drug-likeness (QED) is 0.559. The largest absolute Gasteiger partial charge is 0.462 e. The second kappa shape index (κ2) is 3.59. The molecule has 1 aliphatic rings. The molecule has 1 fully saturated rings. The fourth-order valence-corrected chi connectivity index (χ4v) is 0.878. The Bertz CT molecular complexity index is 116. The van der Waals surface area contributed by atoms with E-state index in [0.29, 0.717) is 12.8 Å². The van der Waals surface area contributed by atoms with E-state index < -0.39 is 0 Å². The van der Waals surface area contributed by atoms with Crippen molar-refractivity contribution in [2.45, 2.75) is 38.2 Å². The molecule has 1 saturated carbocycles. The van der Waals surface area contributed by atoms with Crippen molar-refractivity contribution in [3.05, 3.63) is 6.92 Å². The molecule has 1 radical (unpaired) electrons. The topological polar surface area (TPSA) is 26.3 Å². The lowest BCUT2D eigenvalue weighted by atomic mass is 9.96. The maximum atomic E-state index is 10.8. The van der Waals surface area contributed by atoms with Crippen molar-refractivity contribution in [1.82, 2.24) is 0 Å². The first-order valence-electron chi connectivity index (χ1n) is 3.81. The van der Waals surface area contributed by atoms with E-state index >= 15 is 0 Å². The van der Waals surface area contributed by atoms with E-state index in [0.717, 1.165) is 12.8 Å². The van der Waals surface area contributed by atoms with Crippen LogP contribution >= 0.6 is 0 Å². The molecule has 0 saturated heterocycles. The molecule has 1 rings (SSSR count). The molecule has 0 amide bonds. The summed E-state index contributed by atoms with van der Waals surface area (Å²) < 4.78 is 5.05. The van der Waals surface area contributed by atoms with Crippen molar-refractivity contribution in [1.29, 1.82) is 0 Å².